The molecule has 138 valence electrons. The Kier molecular flexibility index (Phi) is 4.87. The Bertz CT molecular complexity index is 821. The third-order valence-corrected chi connectivity index (χ3v) is 4.03. The largest absolute Gasteiger partial charge is 0.465 e. The molecule has 11 nitrogen and oxygen atoms in total. The van der Waals surface area contributed by atoms with Crippen molar-refractivity contribution in [2.45, 2.75) is 18.9 Å². The van der Waals surface area contributed by atoms with Crippen LogP contribution >= 0.6 is 0 Å². The van der Waals surface area contributed by atoms with Crippen LogP contribution in [0.15, 0.2) is 18.6 Å². The van der Waals surface area contributed by atoms with E-state index in [1.54, 1.807) is 24.1 Å². The van der Waals surface area contributed by atoms with Crippen LogP contribution in [0.3, 0.4) is 0 Å². The first kappa shape index (κ1) is 17.5. The second kappa shape index (κ2) is 7.25. The molecule has 1 saturated heterocycles. The molecule has 1 atom stereocenters. The summed E-state index contributed by atoms with van der Waals surface area (Å²) in [6.45, 7) is 1.19. The molecule has 0 spiro atoms. The van der Waals surface area contributed by atoms with Crippen LogP contribution in [0.1, 0.15) is 23.3 Å². The SMILES string of the molecule is Cn1cc(Nc2nc(N3CCCC(NC(=O)O)C3)cnc2C(N)=O)cn1. The fourth-order valence-corrected chi connectivity index (χ4v) is 2.90. The van der Waals surface area contributed by atoms with Crippen molar-refractivity contribution < 1.29 is 14.7 Å². The van der Waals surface area contributed by atoms with E-state index in [0.717, 1.165) is 12.8 Å². The van der Waals surface area contributed by atoms with Gasteiger partial charge in [-0.05, 0) is 12.8 Å². The maximum Gasteiger partial charge on any atom is 0.404 e. The quantitative estimate of drug-likeness (QED) is 0.594. The molecule has 0 aliphatic carbocycles. The lowest BCUT2D eigenvalue weighted by Gasteiger charge is -2.33. The standard InChI is InChI=1S/C15H20N8O3/c1-22-7-10(5-18-22)19-14-12(13(16)24)17-6-11(21-14)23-4-2-3-9(8-23)20-15(25)26/h5-7,9,20H,2-4,8H2,1H3,(H2,16,24)(H,19,21)(H,25,26). The molecule has 0 bridgehead atoms. The summed E-state index contributed by atoms with van der Waals surface area (Å²) >= 11 is 0. The fraction of sp³-hybridized carbons (Fsp3) is 0.400. The maximum atomic E-state index is 11.6. The number of hydrogen-bond acceptors (Lipinski definition) is 7. The van der Waals surface area contributed by atoms with Crippen molar-refractivity contribution in [1.82, 2.24) is 25.1 Å². The number of nitrogens with one attached hydrogen (secondary N) is 2. The Hall–Kier alpha value is -3.37. The van der Waals surface area contributed by atoms with Gasteiger partial charge in [0.2, 0.25) is 0 Å². The summed E-state index contributed by atoms with van der Waals surface area (Å²) in [5.41, 5.74) is 6.05. The molecule has 2 aromatic rings. The fourth-order valence-electron chi connectivity index (χ4n) is 2.90. The molecule has 0 radical (unpaired) electrons. The van der Waals surface area contributed by atoms with E-state index in [2.05, 4.69) is 25.7 Å². The van der Waals surface area contributed by atoms with Crippen molar-refractivity contribution >= 4 is 29.3 Å². The number of nitrogens with two attached hydrogens (primary N) is 1. The van der Waals surface area contributed by atoms with E-state index in [9.17, 15) is 9.59 Å². The number of carboxylic acid groups (broad SMARTS) is 1. The monoisotopic (exact) mass is 360 g/mol. The van der Waals surface area contributed by atoms with E-state index in [4.69, 9.17) is 10.8 Å². The van der Waals surface area contributed by atoms with Gasteiger partial charge in [0.05, 0.1) is 18.1 Å². The number of aryl methyl sites for hydroxylation is 1. The molecule has 3 heterocycles. The van der Waals surface area contributed by atoms with Crippen LogP contribution in [-0.4, -0.2) is 56.0 Å². The number of hydrogen-bond donors (Lipinski definition) is 4. The molecule has 2 amide bonds. The summed E-state index contributed by atoms with van der Waals surface area (Å²) in [6.07, 6.45) is 5.31. The Morgan fingerprint density at radius 2 is 2.19 bits per heavy atom. The lowest BCUT2D eigenvalue weighted by atomic mass is 10.1. The van der Waals surface area contributed by atoms with Gasteiger partial charge in [0.25, 0.3) is 5.91 Å². The van der Waals surface area contributed by atoms with Gasteiger partial charge >= 0.3 is 6.09 Å². The molecule has 0 saturated carbocycles. The topological polar surface area (TPSA) is 151 Å². The molecule has 3 rings (SSSR count). The molecule has 1 aliphatic rings. The molecule has 26 heavy (non-hydrogen) atoms. The van der Waals surface area contributed by atoms with Crippen LogP contribution < -0.4 is 21.3 Å². The van der Waals surface area contributed by atoms with Crippen molar-refractivity contribution in [2.24, 2.45) is 12.8 Å². The maximum absolute atomic E-state index is 11.6. The third-order valence-electron chi connectivity index (χ3n) is 4.03. The van der Waals surface area contributed by atoms with Gasteiger partial charge < -0.3 is 26.4 Å². The number of aromatic nitrogens is 4. The van der Waals surface area contributed by atoms with Crippen LogP contribution in [0.2, 0.25) is 0 Å². The molecule has 1 aliphatic heterocycles. The molecular formula is C15H20N8O3. The van der Waals surface area contributed by atoms with Crippen LogP contribution in [0.4, 0.5) is 22.1 Å². The summed E-state index contributed by atoms with van der Waals surface area (Å²) in [5.74, 6) is 0.0779. The molecular weight excluding hydrogens is 340 g/mol. The highest BCUT2D eigenvalue weighted by molar-refractivity contribution is 5.96. The highest BCUT2D eigenvalue weighted by Crippen LogP contribution is 2.23. The number of rotatable bonds is 5. The number of anilines is 3. The van der Waals surface area contributed by atoms with Gasteiger partial charge in [-0.2, -0.15) is 5.10 Å². The van der Waals surface area contributed by atoms with E-state index < -0.39 is 12.0 Å². The Labute approximate surface area is 149 Å². The summed E-state index contributed by atoms with van der Waals surface area (Å²) in [4.78, 5) is 33.0. The van der Waals surface area contributed by atoms with Gasteiger partial charge in [0.1, 0.15) is 5.82 Å². The smallest absolute Gasteiger partial charge is 0.404 e. The molecule has 5 N–H and O–H groups in total. The third kappa shape index (κ3) is 3.99. The minimum atomic E-state index is -1.05. The van der Waals surface area contributed by atoms with Crippen LogP contribution in [0.5, 0.6) is 0 Å². The van der Waals surface area contributed by atoms with Crippen molar-refractivity contribution in [3.8, 4) is 0 Å². The van der Waals surface area contributed by atoms with E-state index in [1.807, 2.05) is 4.90 Å². The Morgan fingerprint density at radius 1 is 1.38 bits per heavy atom. The first-order valence-corrected chi connectivity index (χ1v) is 8.09. The summed E-state index contributed by atoms with van der Waals surface area (Å²) < 4.78 is 1.61. The van der Waals surface area contributed by atoms with Crippen molar-refractivity contribution in [3.05, 3.63) is 24.3 Å². The van der Waals surface area contributed by atoms with Gasteiger partial charge in [-0.1, -0.05) is 0 Å². The second-order valence-corrected chi connectivity index (χ2v) is 6.05. The zero-order valence-corrected chi connectivity index (χ0v) is 14.2. The molecule has 1 fully saturated rings. The molecule has 1 unspecified atom stereocenters. The average molecular weight is 360 g/mol. The van der Waals surface area contributed by atoms with Crippen molar-refractivity contribution in [1.29, 1.82) is 0 Å². The lowest BCUT2D eigenvalue weighted by Crippen LogP contribution is -2.47. The summed E-state index contributed by atoms with van der Waals surface area (Å²) in [5, 5.41) is 18.5. The Morgan fingerprint density at radius 3 is 2.85 bits per heavy atom. The molecule has 2 aromatic heterocycles. The van der Waals surface area contributed by atoms with Gasteiger partial charge in [0, 0.05) is 32.4 Å². The number of amides is 2. The summed E-state index contributed by atoms with van der Waals surface area (Å²) in [7, 11) is 1.77. The number of carbonyl (C=O) groups is 2. The van der Waals surface area contributed by atoms with E-state index in [0.29, 0.717) is 24.6 Å². The van der Waals surface area contributed by atoms with E-state index >= 15 is 0 Å². The zero-order valence-electron chi connectivity index (χ0n) is 14.2. The highest BCUT2D eigenvalue weighted by atomic mass is 16.4. The number of piperidine rings is 1. The van der Waals surface area contributed by atoms with Crippen molar-refractivity contribution in [2.75, 3.05) is 23.3 Å². The second-order valence-electron chi connectivity index (χ2n) is 6.05. The number of carbonyl (C=O) groups excluding carboxylic acids is 1. The van der Waals surface area contributed by atoms with Gasteiger partial charge in [-0.25, -0.2) is 14.8 Å². The minimum Gasteiger partial charge on any atom is -0.465 e. The predicted octanol–water partition coefficient (Wildman–Crippen LogP) is 0.289. The van der Waals surface area contributed by atoms with Crippen LogP contribution in [0, 0.1) is 0 Å². The van der Waals surface area contributed by atoms with Crippen molar-refractivity contribution in [3.63, 3.8) is 0 Å². The lowest BCUT2D eigenvalue weighted by molar-refractivity contribution is 0.0996. The predicted molar refractivity (Wildman–Crippen MR) is 93.4 cm³/mol. The van der Waals surface area contributed by atoms with Crippen LogP contribution in [0.25, 0.3) is 0 Å². The first-order chi connectivity index (χ1) is 12.4. The molecule has 11 heteroatoms. The first-order valence-electron chi connectivity index (χ1n) is 8.09. The van der Waals surface area contributed by atoms with E-state index in [-0.39, 0.29) is 17.6 Å². The normalized spacial score (nSPS) is 17.0. The van der Waals surface area contributed by atoms with Gasteiger partial charge in [-0.15, -0.1) is 0 Å². The number of primary amides is 1. The van der Waals surface area contributed by atoms with Crippen LogP contribution in [-0.2, 0) is 7.05 Å². The van der Waals surface area contributed by atoms with E-state index in [1.165, 1.54) is 6.20 Å². The number of nitrogens with zero attached hydrogens (tertiary/aromatic N) is 5. The molecule has 0 aromatic carbocycles. The van der Waals surface area contributed by atoms with Gasteiger partial charge in [0.15, 0.2) is 11.5 Å². The minimum absolute atomic E-state index is 0.0230. The average Bonchev–Trinajstić information content (AvgIpc) is 2.99. The highest BCUT2D eigenvalue weighted by Gasteiger charge is 2.24. The summed E-state index contributed by atoms with van der Waals surface area (Å²) in [6, 6.07) is -0.186. The zero-order chi connectivity index (χ0) is 18.7. The van der Waals surface area contributed by atoms with Gasteiger partial charge in [-0.3, -0.25) is 9.48 Å². The Balaban J connectivity index is 1.84.